The Morgan fingerprint density at radius 3 is 2.42 bits per heavy atom. The molecule has 0 unspecified atom stereocenters. The zero-order chi connectivity index (χ0) is 22.0. The summed E-state index contributed by atoms with van der Waals surface area (Å²) in [4.78, 5) is 15.0. The van der Waals surface area contributed by atoms with Crippen LogP contribution in [-0.2, 0) is 10.0 Å². The molecule has 1 aromatic carbocycles. The molecule has 1 saturated heterocycles. The van der Waals surface area contributed by atoms with E-state index in [0.717, 1.165) is 23.9 Å². The summed E-state index contributed by atoms with van der Waals surface area (Å²) in [5.74, 6) is 0.236. The molecule has 2 aromatic heterocycles. The summed E-state index contributed by atoms with van der Waals surface area (Å²) < 4.78 is 29.1. The average Bonchev–Trinajstić information content (AvgIpc) is 3.24. The van der Waals surface area contributed by atoms with Crippen LogP contribution in [0.15, 0.2) is 59.8 Å². The smallest absolute Gasteiger partial charge is 0.257 e. The molecule has 0 radical (unpaired) electrons. The number of hydrogen-bond acceptors (Lipinski definition) is 4. The van der Waals surface area contributed by atoms with Gasteiger partial charge in [0.1, 0.15) is 0 Å². The number of rotatable bonds is 6. The van der Waals surface area contributed by atoms with Crippen LogP contribution in [0.1, 0.15) is 48.5 Å². The van der Waals surface area contributed by atoms with Crippen LogP contribution in [0.5, 0.6) is 0 Å². The minimum absolute atomic E-state index is 0.0130. The lowest BCUT2D eigenvalue weighted by Gasteiger charge is -2.31. The minimum atomic E-state index is -3.46. The fourth-order valence-electron chi connectivity index (χ4n) is 4.27. The van der Waals surface area contributed by atoms with Crippen molar-refractivity contribution in [2.45, 2.75) is 37.5 Å². The van der Waals surface area contributed by atoms with Crippen molar-refractivity contribution >= 4 is 21.4 Å². The number of hydrogen-bond donors (Lipinski definition) is 0. The predicted molar refractivity (Wildman–Crippen MR) is 120 cm³/mol. The zero-order valence-corrected chi connectivity index (χ0v) is 18.8. The van der Waals surface area contributed by atoms with Gasteiger partial charge in [0.25, 0.3) is 5.91 Å². The number of amides is 1. The Kier molecular flexibility index (Phi) is 6.11. The van der Waals surface area contributed by atoms with Crippen molar-refractivity contribution in [2.24, 2.45) is 0 Å². The van der Waals surface area contributed by atoms with Crippen LogP contribution in [0.25, 0.3) is 5.52 Å². The number of carbonyl (C=O) groups is 1. The second-order valence-electron chi connectivity index (χ2n) is 7.82. The van der Waals surface area contributed by atoms with Gasteiger partial charge in [0.2, 0.25) is 10.0 Å². The van der Waals surface area contributed by atoms with Crippen molar-refractivity contribution in [1.82, 2.24) is 18.8 Å². The van der Waals surface area contributed by atoms with Gasteiger partial charge in [0, 0.05) is 32.4 Å². The Bertz CT molecular complexity index is 1160. The first-order chi connectivity index (χ1) is 15.0. The van der Waals surface area contributed by atoms with Crippen molar-refractivity contribution in [1.29, 1.82) is 0 Å². The number of piperidine rings is 1. The molecule has 1 aliphatic heterocycles. The van der Waals surface area contributed by atoms with E-state index in [0.29, 0.717) is 36.6 Å². The van der Waals surface area contributed by atoms with Crippen LogP contribution >= 0.6 is 0 Å². The van der Waals surface area contributed by atoms with Crippen LogP contribution in [0.4, 0.5) is 0 Å². The molecule has 3 aromatic rings. The average molecular weight is 441 g/mol. The van der Waals surface area contributed by atoms with Gasteiger partial charge in [-0.2, -0.15) is 9.40 Å². The predicted octanol–water partition coefficient (Wildman–Crippen LogP) is 3.38. The van der Waals surface area contributed by atoms with Gasteiger partial charge in [-0.1, -0.05) is 18.2 Å². The van der Waals surface area contributed by atoms with E-state index in [1.165, 1.54) is 0 Å². The second kappa shape index (κ2) is 8.80. The second-order valence-corrected chi connectivity index (χ2v) is 9.75. The zero-order valence-electron chi connectivity index (χ0n) is 17.9. The molecule has 0 N–H and O–H groups in total. The lowest BCUT2D eigenvalue weighted by molar-refractivity contribution is 0.0775. The number of aromatic nitrogens is 2. The molecule has 164 valence electrons. The summed E-state index contributed by atoms with van der Waals surface area (Å²) in [6, 6.07) is 12.7. The molecule has 7 nitrogen and oxygen atoms in total. The first-order valence-corrected chi connectivity index (χ1v) is 12.2. The summed E-state index contributed by atoms with van der Waals surface area (Å²) in [5, 5.41) is 4.34. The molecule has 8 heteroatoms. The van der Waals surface area contributed by atoms with Gasteiger partial charge in [0.05, 0.1) is 22.2 Å². The summed E-state index contributed by atoms with van der Waals surface area (Å²) in [5.41, 5.74) is 2.53. The van der Waals surface area contributed by atoms with E-state index in [1.54, 1.807) is 44.2 Å². The Balaban J connectivity index is 1.53. The first kappa shape index (κ1) is 21.5. The topological polar surface area (TPSA) is 75.0 Å². The normalized spacial score (nSPS) is 15.9. The van der Waals surface area contributed by atoms with Gasteiger partial charge in [0.15, 0.2) is 0 Å². The highest BCUT2D eigenvalue weighted by Crippen LogP contribution is 2.31. The van der Waals surface area contributed by atoms with Crippen molar-refractivity contribution in [3.05, 3.63) is 66.0 Å². The van der Waals surface area contributed by atoms with Gasteiger partial charge < -0.3 is 4.90 Å². The SMILES string of the molecule is CCN(CC)C(=O)c1cnn2ccc(C3CCN(S(=O)(=O)c4ccccc4)CC3)cc12. The van der Waals surface area contributed by atoms with Gasteiger partial charge >= 0.3 is 0 Å². The highest BCUT2D eigenvalue weighted by Gasteiger charge is 2.30. The Morgan fingerprint density at radius 1 is 1.10 bits per heavy atom. The van der Waals surface area contributed by atoms with E-state index in [-0.39, 0.29) is 11.8 Å². The van der Waals surface area contributed by atoms with E-state index in [9.17, 15) is 13.2 Å². The van der Waals surface area contributed by atoms with Crippen molar-refractivity contribution in [3.8, 4) is 0 Å². The molecule has 0 saturated carbocycles. The highest BCUT2D eigenvalue weighted by molar-refractivity contribution is 7.89. The number of pyridine rings is 1. The summed E-state index contributed by atoms with van der Waals surface area (Å²) in [7, 11) is -3.46. The monoisotopic (exact) mass is 440 g/mol. The maximum Gasteiger partial charge on any atom is 0.257 e. The maximum atomic E-state index is 12.9. The molecule has 0 aliphatic carbocycles. The summed E-state index contributed by atoms with van der Waals surface area (Å²) in [6.07, 6.45) is 5.01. The third kappa shape index (κ3) is 4.09. The van der Waals surface area contributed by atoms with Crippen molar-refractivity contribution < 1.29 is 13.2 Å². The van der Waals surface area contributed by atoms with Crippen LogP contribution in [0.3, 0.4) is 0 Å². The first-order valence-electron chi connectivity index (χ1n) is 10.8. The lowest BCUT2D eigenvalue weighted by atomic mass is 9.90. The molecule has 0 bridgehead atoms. The largest absolute Gasteiger partial charge is 0.339 e. The van der Waals surface area contributed by atoms with Gasteiger partial charge in [-0.3, -0.25) is 4.79 Å². The third-order valence-corrected chi connectivity index (χ3v) is 8.05. The van der Waals surface area contributed by atoms with Crippen molar-refractivity contribution in [3.63, 3.8) is 0 Å². The number of benzene rings is 1. The van der Waals surface area contributed by atoms with Crippen molar-refractivity contribution in [2.75, 3.05) is 26.2 Å². The number of nitrogens with zero attached hydrogens (tertiary/aromatic N) is 4. The molecule has 0 atom stereocenters. The van der Waals surface area contributed by atoms with E-state index in [4.69, 9.17) is 0 Å². The molecule has 1 aliphatic rings. The molecule has 0 spiro atoms. The van der Waals surface area contributed by atoms with E-state index in [1.807, 2.05) is 38.2 Å². The molecule has 1 fully saturated rings. The lowest BCUT2D eigenvalue weighted by Crippen LogP contribution is -2.37. The third-order valence-electron chi connectivity index (χ3n) is 6.13. The molecular formula is C23H28N4O3S. The van der Waals surface area contributed by atoms with Crippen LogP contribution in [-0.4, -0.2) is 59.3 Å². The fourth-order valence-corrected chi connectivity index (χ4v) is 5.76. The number of fused-ring (bicyclic) bond motifs is 1. The maximum absolute atomic E-state index is 12.9. The Hall–Kier alpha value is -2.71. The Morgan fingerprint density at radius 2 is 1.77 bits per heavy atom. The number of carbonyl (C=O) groups excluding carboxylic acids is 1. The van der Waals surface area contributed by atoms with Crippen LogP contribution in [0, 0.1) is 0 Å². The molecule has 31 heavy (non-hydrogen) atoms. The molecule has 3 heterocycles. The summed E-state index contributed by atoms with van der Waals surface area (Å²) >= 11 is 0. The van der Waals surface area contributed by atoms with Crippen LogP contribution in [0.2, 0.25) is 0 Å². The summed E-state index contributed by atoms with van der Waals surface area (Å²) in [6.45, 7) is 6.21. The Labute approximate surface area is 183 Å². The minimum Gasteiger partial charge on any atom is -0.339 e. The fraction of sp³-hybridized carbons (Fsp3) is 0.391. The molecular weight excluding hydrogens is 412 g/mol. The molecule has 1 amide bonds. The quantitative estimate of drug-likeness (QED) is 0.589. The van der Waals surface area contributed by atoms with E-state index < -0.39 is 10.0 Å². The molecule has 4 rings (SSSR count). The van der Waals surface area contributed by atoms with E-state index in [2.05, 4.69) is 5.10 Å². The standard InChI is InChI=1S/C23H28N4O3S/c1-3-25(4-2)23(28)21-17-24-27-15-12-19(16-22(21)27)18-10-13-26(14-11-18)31(29,30)20-8-6-5-7-9-20/h5-9,12,15-18H,3-4,10-11,13-14H2,1-2H3. The van der Waals surface area contributed by atoms with Gasteiger partial charge in [-0.05, 0) is 62.4 Å². The number of sulfonamides is 1. The van der Waals surface area contributed by atoms with Crippen LogP contribution < -0.4 is 0 Å². The van der Waals surface area contributed by atoms with E-state index >= 15 is 0 Å². The van der Waals surface area contributed by atoms with Gasteiger partial charge in [-0.15, -0.1) is 0 Å². The van der Waals surface area contributed by atoms with Gasteiger partial charge in [-0.25, -0.2) is 12.9 Å². The highest BCUT2D eigenvalue weighted by atomic mass is 32.2.